The van der Waals surface area contributed by atoms with Gasteiger partial charge in [0.15, 0.2) is 5.22 Å². The van der Waals surface area contributed by atoms with Gasteiger partial charge in [-0.05, 0) is 49.9 Å². The molecule has 3 unspecified atom stereocenters. The molecule has 0 spiro atoms. The molecule has 1 aliphatic carbocycles. The highest BCUT2D eigenvalue weighted by Crippen LogP contribution is 2.38. The van der Waals surface area contributed by atoms with Gasteiger partial charge >= 0.3 is 0 Å². The summed E-state index contributed by atoms with van der Waals surface area (Å²) >= 11 is 6.03. The van der Waals surface area contributed by atoms with Crippen LogP contribution in [0.15, 0.2) is 16.7 Å². The Hall–Kier alpha value is -0.520. The van der Waals surface area contributed by atoms with Crippen molar-refractivity contribution in [1.82, 2.24) is 5.32 Å². The minimum Gasteiger partial charge on any atom is -0.453 e. The molecule has 0 aromatic carbocycles. The fourth-order valence-corrected chi connectivity index (χ4v) is 4.47. The molecular weight excluding hydrogens is 286 g/mol. The SMILES string of the molecule is CNC(c1ccoc1Cl)C1CCCC(S(C)(=O)=O)C1. The van der Waals surface area contributed by atoms with E-state index in [1.807, 2.05) is 13.1 Å². The molecule has 0 aliphatic heterocycles. The number of sulfone groups is 1. The summed E-state index contributed by atoms with van der Waals surface area (Å²) in [4.78, 5) is 0. The van der Waals surface area contributed by atoms with Crippen LogP contribution in [0.1, 0.15) is 37.3 Å². The van der Waals surface area contributed by atoms with Gasteiger partial charge in [-0.2, -0.15) is 0 Å². The van der Waals surface area contributed by atoms with E-state index in [2.05, 4.69) is 5.32 Å². The standard InChI is InChI=1S/C13H20ClNO3S/c1-15-12(11-6-7-18-13(11)14)9-4-3-5-10(8-9)19(2,16)17/h6-7,9-10,12,15H,3-5,8H2,1-2H3. The van der Waals surface area contributed by atoms with Crippen molar-refractivity contribution < 1.29 is 12.8 Å². The van der Waals surface area contributed by atoms with Crippen LogP contribution >= 0.6 is 11.6 Å². The smallest absolute Gasteiger partial charge is 0.197 e. The second-order valence-corrected chi connectivity index (χ2v) is 7.96. The number of nitrogens with one attached hydrogen (secondary N) is 1. The average Bonchev–Trinajstić information content (AvgIpc) is 2.76. The minimum atomic E-state index is -2.96. The van der Waals surface area contributed by atoms with Gasteiger partial charge in [-0.25, -0.2) is 8.42 Å². The average molecular weight is 306 g/mol. The summed E-state index contributed by atoms with van der Waals surface area (Å²) in [7, 11) is -1.09. The molecule has 6 heteroatoms. The van der Waals surface area contributed by atoms with Gasteiger partial charge in [0.2, 0.25) is 0 Å². The van der Waals surface area contributed by atoms with Crippen LogP contribution in [0.4, 0.5) is 0 Å². The Morgan fingerprint density at radius 2 is 2.21 bits per heavy atom. The van der Waals surface area contributed by atoms with Crippen molar-refractivity contribution in [2.75, 3.05) is 13.3 Å². The molecule has 1 N–H and O–H groups in total. The first-order chi connectivity index (χ1) is 8.93. The van der Waals surface area contributed by atoms with Crippen LogP contribution in [0.3, 0.4) is 0 Å². The molecule has 1 fully saturated rings. The van der Waals surface area contributed by atoms with Crippen molar-refractivity contribution >= 4 is 21.4 Å². The van der Waals surface area contributed by atoms with Crippen LogP contribution in [0, 0.1) is 5.92 Å². The van der Waals surface area contributed by atoms with Gasteiger partial charge in [-0.3, -0.25) is 0 Å². The summed E-state index contributed by atoms with van der Waals surface area (Å²) in [5.74, 6) is 0.272. The summed E-state index contributed by atoms with van der Waals surface area (Å²) in [5, 5.41) is 3.41. The van der Waals surface area contributed by atoms with Gasteiger partial charge in [-0.1, -0.05) is 6.42 Å². The fraction of sp³-hybridized carbons (Fsp3) is 0.692. The molecule has 108 valence electrons. The Kier molecular flexibility index (Phi) is 4.58. The van der Waals surface area contributed by atoms with E-state index in [1.54, 1.807) is 6.26 Å². The minimum absolute atomic E-state index is 0.0517. The highest BCUT2D eigenvalue weighted by atomic mass is 35.5. The topological polar surface area (TPSA) is 59.3 Å². The Labute approximate surface area is 119 Å². The monoisotopic (exact) mass is 305 g/mol. The molecule has 1 saturated carbocycles. The molecule has 0 amide bonds. The van der Waals surface area contributed by atoms with E-state index in [9.17, 15) is 8.42 Å². The quantitative estimate of drug-likeness (QED) is 0.929. The molecule has 0 radical (unpaired) electrons. The highest BCUT2D eigenvalue weighted by Gasteiger charge is 2.34. The third-order valence-corrected chi connectivity index (χ3v) is 5.98. The molecule has 4 nitrogen and oxygen atoms in total. The third-order valence-electron chi connectivity index (χ3n) is 4.04. The Morgan fingerprint density at radius 1 is 1.47 bits per heavy atom. The van der Waals surface area contributed by atoms with Gasteiger partial charge in [0.05, 0.1) is 11.5 Å². The number of hydrogen-bond acceptors (Lipinski definition) is 4. The molecule has 3 atom stereocenters. The van der Waals surface area contributed by atoms with Crippen molar-refractivity contribution in [1.29, 1.82) is 0 Å². The lowest BCUT2D eigenvalue weighted by molar-refractivity contribution is 0.282. The van der Waals surface area contributed by atoms with Crippen molar-refractivity contribution in [3.8, 4) is 0 Å². The number of halogens is 1. The molecule has 0 saturated heterocycles. The summed E-state index contributed by atoms with van der Waals surface area (Å²) in [6.45, 7) is 0. The van der Waals surface area contributed by atoms with Gasteiger partial charge < -0.3 is 9.73 Å². The molecule has 19 heavy (non-hydrogen) atoms. The van der Waals surface area contributed by atoms with Crippen LogP contribution in [-0.4, -0.2) is 27.0 Å². The van der Waals surface area contributed by atoms with Crippen LogP contribution < -0.4 is 5.32 Å². The molecule has 1 heterocycles. The van der Waals surface area contributed by atoms with Gasteiger partial charge in [-0.15, -0.1) is 0 Å². The van der Waals surface area contributed by atoms with Crippen LogP contribution in [0.25, 0.3) is 0 Å². The van der Waals surface area contributed by atoms with Crippen molar-refractivity contribution in [2.24, 2.45) is 5.92 Å². The first-order valence-electron chi connectivity index (χ1n) is 6.52. The van der Waals surface area contributed by atoms with Crippen molar-refractivity contribution in [2.45, 2.75) is 37.0 Å². The zero-order valence-corrected chi connectivity index (χ0v) is 12.8. The zero-order valence-electron chi connectivity index (χ0n) is 11.2. The van der Waals surface area contributed by atoms with Gasteiger partial charge in [0.25, 0.3) is 0 Å². The summed E-state index contributed by atoms with van der Waals surface area (Å²) in [6.07, 6.45) is 6.31. The lowest BCUT2D eigenvalue weighted by Gasteiger charge is -2.33. The van der Waals surface area contributed by atoms with Gasteiger partial charge in [0, 0.05) is 17.9 Å². The second kappa shape index (κ2) is 5.85. The molecule has 1 aromatic rings. The van der Waals surface area contributed by atoms with E-state index in [0.29, 0.717) is 11.6 Å². The summed E-state index contributed by atoms with van der Waals surface area (Å²) in [5.41, 5.74) is 0.920. The maximum atomic E-state index is 11.7. The first kappa shape index (κ1) is 14.9. The first-order valence-corrected chi connectivity index (χ1v) is 8.85. The van der Waals surface area contributed by atoms with E-state index >= 15 is 0 Å². The maximum absolute atomic E-state index is 11.7. The van der Waals surface area contributed by atoms with E-state index in [1.165, 1.54) is 6.26 Å². The summed E-state index contributed by atoms with van der Waals surface area (Å²) < 4.78 is 28.6. The molecule has 2 rings (SSSR count). The number of rotatable bonds is 4. The summed E-state index contributed by atoms with van der Waals surface area (Å²) in [6, 6.07) is 1.91. The predicted octanol–water partition coefficient (Wildman–Crippen LogP) is 2.80. The van der Waals surface area contributed by atoms with E-state index in [4.69, 9.17) is 16.0 Å². The second-order valence-electron chi connectivity index (χ2n) is 5.29. The van der Waals surface area contributed by atoms with Crippen molar-refractivity contribution in [3.05, 3.63) is 23.1 Å². The Bertz CT molecular complexity index is 526. The fourth-order valence-electron chi connectivity index (χ4n) is 3.04. The van der Waals surface area contributed by atoms with Crippen LogP contribution in [0.2, 0.25) is 5.22 Å². The number of furan rings is 1. The molecular formula is C13H20ClNO3S. The lowest BCUT2D eigenvalue weighted by Crippen LogP contribution is -2.34. The normalized spacial score (nSPS) is 26.3. The van der Waals surface area contributed by atoms with Crippen LogP contribution in [0.5, 0.6) is 0 Å². The highest BCUT2D eigenvalue weighted by molar-refractivity contribution is 7.91. The molecule has 0 bridgehead atoms. The predicted molar refractivity (Wildman–Crippen MR) is 76.1 cm³/mol. The largest absolute Gasteiger partial charge is 0.453 e. The maximum Gasteiger partial charge on any atom is 0.197 e. The Balaban J connectivity index is 2.18. The van der Waals surface area contributed by atoms with E-state index in [-0.39, 0.29) is 17.2 Å². The van der Waals surface area contributed by atoms with Gasteiger partial charge in [0.1, 0.15) is 9.84 Å². The van der Waals surface area contributed by atoms with Crippen LogP contribution in [-0.2, 0) is 9.84 Å². The third kappa shape index (κ3) is 3.33. The van der Waals surface area contributed by atoms with E-state index < -0.39 is 9.84 Å². The molecule has 1 aliphatic rings. The number of hydrogen-bond donors (Lipinski definition) is 1. The molecule has 1 aromatic heterocycles. The van der Waals surface area contributed by atoms with Crippen molar-refractivity contribution in [3.63, 3.8) is 0 Å². The lowest BCUT2D eigenvalue weighted by atomic mass is 9.81. The Morgan fingerprint density at radius 3 is 2.74 bits per heavy atom. The zero-order chi connectivity index (χ0) is 14.0. The van der Waals surface area contributed by atoms with E-state index in [0.717, 1.165) is 24.8 Å².